The molecule has 1 unspecified atom stereocenters. The monoisotopic (exact) mass is 138 g/mol. The zero-order valence-corrected chi connectivity index (χ0v) is 6.30. The van der Waals surface area contributed by atoms with E-state index in [1.54, 1.807) is 0 Å². The summed E-state index contributed by atoms with van der Waals surface area (Å²) < 4.78 is 0. The summed E-state index contributed by atoms with van der Waals surface area (Å²) in [5.74, 6) is 0. The summed E-state index contributed by atoms with van der Waals surface area (Å²) in [5, 5.41) is 0. The highest BCUT2D eigenvalue weighted by Gasteiger charge is 2.19. The highest BCUT2D eigenvalue weighted by molar-refractivity contribution is 5.26. The van der Waals surface area contributed by atoms with Crippen LogP contribution in [0.25, 0.3) is 0 Å². The highest BCUT2D eigenvalue weighted by Crippen LogP contribution is 2.19. The molecule has 1 atom stereocenters. The van der Waals surface area contributed by atoms with Crippen LogP contribution >= 0.6 is 0 Å². The Bertz CT molecular complexity index is 182. The normalized spacial score (nSPS) is 32.0. The van der Waals surface area contributed by atoms with Crippen LogP contribution in [0.3, 0.4) is 0 Å². The second-order valence-electron chi connectivity index (χ2n) is 2.83. The molecule has 2 nitrogen and oxygen atoms in total. The number of allylic oxidation sites excluding steroid dienone is 1. The Morgan fingerprint density at radius 1 is 1.70 bits per heavy atom. The topological polar surface area (TPSA) is 52.0 Å². The fourth-order valence-corrected chi connectivity index (χ4v) is 0.968. The molecule has 2 heteroatoms. The molecule has 10 heavy (non-hydrogen) atoms. The summed E-state index contributed by atoms with van der Waals surface area (Å²) in [7, 11) is 0. The summed E-state index contributed by atoms with van der Waals surface area (Å²) in [5.41, 5.74) is 12.2. The molecule has 0 aromatic carbocycles. The fraction of sp³-hybridized carbons (Fsp3) is 0.500. The first-order chi connectivity index (χ1) is 4.66. The van der Waals surface area contributed by atoms with Gasteiger partial charge in [0.15, 0.2) is 0 Å². The molecule has 4 N–H and O–H groups in total. The molecule has 1 rings (SSSR count). The Balaban J connectivity index is 2.67. The summed E-state index contributed by atoms with van der Waals surface area (Å²) in [6.45, 7) is 2.08. The lowest BCUT2D eigenvalue weighted by Crippen LogP contribution is -2.37. The number of nitrogens with two attached hydrogens (primary N) is 2. The van der Waals surface area contributed by atoms with Gasteiger partial charge in [-0.15, -0.1) is 0 Å². The summed E-state index contributed by atoms with van der Waals surface area (Å²) in [6, 6.07) is 0. The van der Waals surface area contributed by atoms with Crippen molar-refractivity contribution in [2.24, 2.45) is 11.5 Å². The molecule has 0 saturated heterocycles. The van der Waals surface area contributed by atoms with Crippen molar-refractivity contribution in [1.82, 2.24) is 0 Å². The van der Waals surface area contributed by atoms with Gasteiger partial charge in [-0.25, -0.2) is 0 Å². The molecule has 0 fully saturated rings. The van der Waals surface area contributed by atoms with Crippen LogP contribution in [0.2, 0.25) is 0 Å². The minimum atomic E-state index is -0.136. The summed E-state index contributed by atoms with van der Waals surface area (Å²) in [6.07, 6.45) is 7.68. The van der Waals surface area contributed by atoms with Gasteiger partial charge in [0.25, 0.3) is 0 Å². The van der Waals surface area contributed by atoms with Crippen LogP contribution in [0.4, 0.5) is 0 Å². The van der Waals surface area contributed by atoms with E-state index in [-0.39, 0.29) is 5.54 Å². The minimum Gasteiger partial charge on any atom is -0.399 e. The van der Waals surface area contributed by atoms with E-state index in [9.17, 15) is 0 Å². The Morgan fingerprint density at radius 3 is 2.80 bits per heavy atom. The van der Waals surface area contributed by atoms with Crippen molar-refractivity contribution in [2.45, 2.75) is 25.3 Å². The SMILES string of the molecule is CCC1(N)C=CC(N)=CC1. The Morgan fingerprint density at radius 2 is 2.40 bits per heavy atom. The predicted octanol–water partition coefficient (Wildman–Crippen LogP) is 0.896. The Labute approximate surface area is 61.6 Å². The lowest BCUT2D eigenvalue weighted by molar-refractivity contribution is 0.510. The van der Waals surface area contributed by atoms with Gasteiger partial charge in [0.1, 0.15) is 0 Å². The average molecular weight is 138 g/mol. The van der Waals surface area contributed by atoms with E-state index >= 15 is 0 Å². The molecule has 0 aromatic rings. The van der Waals surface area contributed by atoms with E-state index in [0.29, 0.717) is 0 Å². The van der Waals surface area contributed by atoms with E-state index in [0.717, 1.165) is 18.5 Å². The molecule has 1 aliphatic rings. The maximum Gasteiger partial charge on any atom is 0.0376 e. The first kappa shape index (κ1) is 7.35. The molecular formula is C8H14N2. The number of hydrogen-bond donors (Lipinski definition) is 2. The maximum atomic E-state index is 5.93. The standard InChI is InChI=1S/C8H14N2/c1-2-8(10)5-3-7(9)4-6-8/h3-5H,2,6,9-10H2,1H3. The molecule has 56 valence electrons. The van der Waals surface area contributed by atoms with Crippen molar-refractivity contribution in [2.75, 3.05) is 0 Å². The smallest absolute Gasteiger partial charge is 0.0376 e. The number of hydrogen-bond acceptors (Lipinski definition) is 2. The van der Waals surface area contributed by atoms with Crippen LogP contribution in [0.5, 0.6) is 0 Å². The van der Waals surface area contributed by atoms with Gasteiger partial charge < -0.3 is 11.5 Å². The number of rotatable bonds is 1. The zero-order valence-electron chi connectivity index (χ0n) is 6.30. The molecule has 0 radical (unpaired) electrons. The van der Waals surface area contributed by atoms with Crippen molar-refractivity contribution >= 4 is 0 Å². The Hall–Kier alpha value is -0.760. The van der Waals surface area contributed by atoms with E-state index in [1.165, 1.54) is 0 Å². The lowest BCUT2D eigenvalue weighted by atomic mass is 9.89. The van der Waals surface area contributed by atoms with Crippen LogP contribution in [0.1, 0.15) is 19.8 Å². The van der Waals surface area contributed by atoms with Gasteiger partial charge in [0.05, 0.1) is 0 Å². The molecule has 0 aliphatic heterocycles. The van der Waals surface area contributed by atoms with Crippen molar-refractivity contribution in [3.8, 4) is 0 Å². The van der Waals surface area contributed by atoms with Gasteiger partial charge in [0.2, 0.25) is 0 Å². The van der Waals surface area contributed by atoms with Crippen LogP contribution < -0.4 is 11.5 Å². The average Bonchev–Trinajstić information content (AvgIpc) is 1.96. The van der Waals surface area contributed by atoms with Gasteiger partial charge >= 0.3 is 0 Å². The molecule has 0 amide bonds. The molecular weight excluding hydrogens is 124 g/mol. The van der Waals surface area contributed by atoms with Crippen LogP contribution in [0, 0.1) is 0 Å². The first-order valence-electron chi connectivity index (χ1n) is 3.60. The third-order valence-corrected chi connectivity index (χ3v) is 1.98. The third kappa shape index (κ3) is 1.39. The fourth-order valence-electron chi connectivity index (χ4n) is 0.968. The van der Waals surface area contributed by atoms with Gasteiger partial charge in [-0.1, -0.05) is 19.1 Å². The third-order valence-electron chi connectivity index (χ3n) is 1.98. The van der Waals surface area contributed by atoms with Crippen LogP contribution in [0.15, 0.2) is 23.9 Å². The molecule has 0 spiro atoms. The van der Waals surface area contributed by atoms with Gasteiger partial charge in [0, 0.05) is 11.2 Å². The van der Waals surface area contributed by atoms with E-state index in [1.807, 2.05) is 18.2 Å². The molecule has 0 bridgehead atoms. The quantitative estimate of drug-likeness (QED) is 0.565. The lowest BCUT2D eigenvalue weighted by Gasteiger charge is -2.25. The zero-order chi connectivity index (χ0) is 7.61. The molecule has 1 aliphatic carbocycles. The van der Waals surface area contributed by atoms with Gasteiger partial charge in [-0.3, -0.25) is 0 Å². The van der Waals surface area contributed by atoms with Gasteiger partial charge in [-0.2, -0.15) is 0 Å². The van der Waals surface area contributed by atoms with E-state index in [2.05, 4.69) is 6.92 Å². The van der Waals surface area contributed by atoms with Crippen molar-refractivity contribution < 1.29 is 0 Å². The highest BCUT2D eigenvalue weighted by atomic mass is 14.7. The summed E-state index contributed by atoms with van der Waals surface area (Å²) >= 11 is 0. The predicted molar refractivity (Wildman–Crippen MR) is 43.2 cm³/mol. The first-order valence-corrected chi connectivity index (χ1v) is 3.60. The largest absolute Gasteiger partial charge is 0.399 e. The molecule has 0 aromatic heterocycles. The second-order valence-corrected chi connectivity index (χ2v) is 2.83. The van der Waals surface area contributed by atoms with Crippen molar-refractivity contribution in [3.63, 3.8) is 0 Å². The van der Waals surface area contributed by atoms with Crippen molar-refractivity contribution in [1.29, 1.82) is 0 Å². The minimum absolute atomic E-state index is 0.136. The second kappa shape index (κ2) is 2.46. The van der Waals surface area contributed by atoms with Gasteiger partial charge in [-0.05, 0) is 18.9 Å². The Kier molecular flexibility index (Phi) is 1.81. The molecule has 0 saturated carbocycles. The van der Waals surface area contributed by atoms with Crippen LogP contribution in [-0.4, -0.2) is 5.54 Å². The van der Waals surface area contributed by atoms with Crippen LogP contribution in [-0.2, 0) is 0 Å². The summed E-state index contributed by atoms with van der Waals surface area (Å²) in [4.78, 5) is 0. The maximum absolute atomic E-state index is 5.93. The van der Waals surface area contributed by atoms with E-state index < -0.39 is 0 Å². The molecule has 0 heterocycles. The van der Waals surface area contributed by atoms with E-state index in [4.69, 9.17) is 11.5 Å². The van der Waals surface area contributed by atoms with Crippen molar-refractivity contribution in [3.05, 3.63) is 23.9 Å².